The minimum Gasteiger partial charge on any atom is -0.480 e. The van der Waals surface area contributed by atoms with Crippen molar-refractivity contribution in [3.05, 3.63) is 0 Å². The summed E-state index contributed by atoms with van der Waals surface area (Å²) in [5.41, 5.74) is 0. The van der Waals surface area contributed by atoms with Crippen molar-refractivity contribution in [2.45, 2.75) is 19.3 Å². The summed E-state index contributed by atoms with van der Waals surface area (Å²) in [6, 6.07) is -2.55. The Morgan fingerprint density at radius 2 is 2.50 bits per heavy atom. The monoisotopic (exact) mass is 194 g/mol. The summed E-state index contributed by atoms with van der Waals surface area (Å²) in [5, 5.41) is 8.85. The van der Waals surface area contributed by atoms with E-state index >= 15 is 0 Å². The van der Waals surface area contributed by atoms with Gasteiger partial charge in [-0.05, 0) is 18.4 Å². The first kappa shape index (κ1) is 6.77. The molecule has 0 aliphatic carbocycles. The van der Waals surface area contributed by atoms with Crippen molar-refractivity contribution in [2.75, 3.05) is 12.0 Å². The van der Waals surface area contributed by atoms with E-state index in [-0.39, 0.29) is 11.1 Å². The summed E-state index contributed by atoms with van der Waals surface area (Å²) >= 11 is 1.19. The van der Waals surface area contributed by atoms with Crippen LogP contribution in [0.25, 0.3) is 0 Å². The van der Waals surface area contributed by atoms with Gasteiger partial charge in [-0.25, -0.2) is 4.79 Å². The van der Waals surface area contributed by atoms with Crippen LogP contribution < -0.4 is 5.31 Å². The summed E-state index contributed by atoms with van der Waals surface area (Å²) in [6.07, 6.45) is 0.290. The summed E-state index contributed by atoms with van der Waals surface area (Å²) < 4.78 is 22.2. The molecule has 4 nitrogen and oxygen atoms in total. The highest BCUT2D eigenvalue weighted by molar-refractivity contribution is 7.98. The normalized spacial score (nSPS) is 21.0. The number of nitrogens with one attached hydrogen (secondary N) is 1. The van der Waals surface area contributed by atoms with Gasteiger partial charge in [-0.15, -0.1) is 0 Å². The Morgan fingerprint density at radius 3 is 2.83 bits per heavy atom. The van der Waals surface area contributed by atoms with Crippen LogP contribution in [0.1, 0.15) is 16.1 Å². The van der Waals surface area contributed by atoms with Crippen molar-refractivity contribution in [1.82, 2.24) is 5.31 Å². The lowest BCUT2D eigenvalue weighted by Gasteiger charge is -2.11. The van der Waals surface area contributed by atoms with Gasteiger partial charge < -0.3 is 10.4 Å². The molecule has 0 rings (SSSR count). The molecule has 5 heteroatoms. The van der Waals surface area contributed by atoms with Crippen molar-refractivity contribution in [3.63, 3.8) is 0 Å². The number of carbonyl (C=O) groups is 2. The number of thioether (sulfide) groups is 1. The zero-order chi connectivity index (χ0) is 12.2. The average molecular weight is 194 g/mol. The number of rotatable bonds is 5. The van der Waals surface area contributed by atoms with E-state index < -0.39 is 24.3 Å². The topological polar surface area (TPSA) is 66.4 Å². The Bertz CT molecular complexity index is 266. The fraction of sp³-hybridized carbons (Fsp3) is 0.714. The van der Waals surface area contributed by atoms with E-state index in [0.29, 0.717) is 0 Å². The molecule has 2 atom stereocenters. The lowest BCUT2D eigenvalue weighted by atomic mass is 10.2. The fourth-order valence-electron chi connectivity index (χ4n) is 0.513. The van der Waals surface area contributed by atoms with Crippen LogP contribution in [-0.4, -0.2) is 35.0 Å². The molecule has 0 heterocycles. The number of carbonyl (C=O) groups excluding carboxylic acids is 1. The van der Waals surface area contributed by atoms with E-state index in [1.807, 2.05) is 0 Å². The van der Waals surface area contributed by atoms with Gasteiger partial charge in [0.2, 0.25) is 5.91 Å². The van der Waals surface area contributed by atoms with Crippen LogP contribution in [0.2, 0.25) is 1.41 Å². The Balaban J connectivity index is 5.05. The van der Waals surface area contributed by atoms with Crippen molar-refractivity contribution >= 4 is 23.6 Å². The van der Waals surface area contributed by atoms with E-state index in [1.54, 1.807) is 6.26 Å². The molecule has 1 amide bonds. The maximum absolute atomic E-state index is 10.9. The number of hydrogen-bond donors (Lipinski definition) is 2. The summed E-state index contributed by atoms with van der Waals surface area (Å²) in [6.45, 7) is 0.991. The van der Waals surface area contributed by atoms with Gasteiger partial charge in [0.15, 0.2) is 1.41 Å². The molecule has 0 saturated carbocycles. The lowest BCUT2D eigenvalue weighted by molar-refractivity contribution is -0.141. The molecule has 70 valence electrons. The summed E-state index contributed by atoms with van der Waals surface area (Å²) in [5.74, 6) is -2.47. The Hall–Kier alpha value is -0.710. The van der Waals surface area contributed by atoms with Crippen LogP contribution in [0.4, 0.5) is 0 Å². The van der Waals surface area contributed by atoms with E-state index in [4.69, 9.17) is 9.26 Å². The second-order valence-corrected chi connectivity index (χ2v) is 2.89. The zero-order valence-electron chi connectivity index (χ0n) is 9.90. The summed E-state index contributed by atoms with van der Waals surface area (Å²) in [7, 11) is 0. The SMILES string of the molecule is [2H]C(CSC)[C@@]([2H])(C(=O)O)N([2H])C(C)=O. The molecule has 0 saturated heterocycles. The van der Waals surface area contributed by atoms with Crippen LogP contribution in [-0.2, 0) is 9.59 Å². The Morgan fingerprint density at radius 1 is 1.92 bits per heavy atom. The molecule has 0 aromatic heterocycles. The predicted molar refractivity (Wildman–Crippen MR) is 48.2 cm³/mol. The highest BCUT2D eigenvalue weighted by Gasteiger charge is 2.16. The van der Waals surface area contributed by atoms with Crippen molar-refractivity contribution in [3.8, 4) is 0 Å². The van der Waals surface area contributed by atoms with E-state index in [2.05, 4.69) is 0 Å². The fourth-order valence-corrected chi connectivity index (χ4v) is 0.837. The molecule has 0 bridgehead atoms. The number of carboxylic acids is 1. The second-order valence-electron chi connectivity index (χ2n) is 1.98. The predicted octanol–water partition coefficient (Wildman–Crippen LogP) is 0.329. The van der Waals surface area contributed by atoms with Crippen LogP contribution >= 0.6 is 11.8 Å². The highest BCUT2D eigenvalue weighted by Crippen LogP contribution is 2.00. The largest absolute Gasteiger partial charge is 0.480 e. The average Bonchev–Trinajstić information content (AvgIpc) is 2.15. The maximum Gasteiger partial charge on any atom is 0.326 e. The highest BCUT2D eigenvalue weighted by atomic mass is 32.2. The molecule has 0 radical (unpaired) electrons. The molecule has 0 spiro atoms. The number of hydrogen-bond acceptors (Lipinski definition) is 3. The van der Waals surface area contributed by atoms with Crippen molar-refractivity contribution in [1.29, 1.82) is 0 Å². The van der Waals surface area contributed by atoms with Crippen LogP contribution in [0.15, 0.2) is 0 Å². The van der Waals surface area contributed by atoms with Crippen LogP contribution in [0, 0.1) is 0 Å². The molecule has 0 aromatic carbocycles. The third-order valence-electron chi connectivity index (χ3n) is 0.940. The van der Waals surface area contributed by atoms with E-state index in [9.17, 15) is 9.59 Å². The smallest absolute Gasteiger partial charge is 0.326 e. The molecule has 2 N–H and O–H groups in total. The summed E-state index contributed by atoms with van der Waals surface area (Å²) in [4.78, 5) is 21.7. The minimum atomic E-state index is -2.55. The van der Waals surface area contributed by atoms with Crippen molar-refractivity contribution in [2.24, 2.45) is 0 Å². The third kappa shape index (κ3) is 5.01. The molecule has 0 fully saturated rings. The van der Waals surface area contributed by atoms with Crippen LogP contribution in [0.5, 0.6) is 0 Å². The first-order valence-electron chi connectivity index (χ1n) is 4.75. The van der Waals surface area contributed by atoms with Gasteiger partial charge in [0.1, 0.15) is 6.02 Å². The molecule has 0 aromatic rings. The molecule has 0 aliphatic heterocycles. The number of carboxylic acid groups (broad SMARTS) is 1. The standard InChI is InChI=1S/C7H13NO3S/c1-5(9)8-6(7(10)11)3-4-12-2/h6H,3-4H2,1-2H3,(H,8,9)(H,10,11)/t6-/m0/s1/i3D,6D/hD/t3?,6-. The van der Waals surface area contributed by atoms with E-state index in [0.717, 1.165) is 6.92 Å². The first-order chi connectivity index (χ1) is 6.78. The molecule has 0 aliphatic rings. The van der Waals surface area contributed by atoms with E-state index in [1.165, 1.54) is 11.8 Å². The van der Waals surface area contributed by atoms with Crippen LogP contribution in [0.3, 0.4) is 0 Å². The zero-order valence-corrected chi connectivity index (χ0v) is 7.72. The maximum atomic E-state index is 10.9. The lowest BCUT2D eigenvalue weighted by Crippen LogP contribution is -2.39. The Labute approximate surface area is 80.0 Å². The van der Waals surface area contributed by atoms with Gasteiger partial charge in [-0.3, -0.25) is 4.79 Å². The number of amides is 1. The molecular weight excluding hydrogens is 178 g/mol. The molecular formula is C7H13NO3S. The number of aliphatic carboxylic acids is 1. The second kappa shape index (κ2) is 5.88. The van der Waals surface area contributed by atoms with Gasteiger partial charge >= 0.3 is 5.97 Å². The molecule has 1 unspecified atom stereocenters. The third-order valence-corrected chi connectivity index (χ3v) is 1.44. The van der Waals surface area contributed by atoms with Gasteiger partial charge in [0.05, 0.1) is 1.37 Å². The minimum absolute atomic E-state index is 0.0310. The van der Waals surface area contributed by atoms with Gasteiger partial charge in [0.25, 0.3) is 0 Å². The Kier molecular flexibility index (Phi) is 3.32. The van der Waals surface area contributed by atoms with Gasteiger partial charge in [0, 0.05) is 8.29 Å². The molecule has 12 heavy (non-hydrogen) atoms. The van der Waals surface area contributed by atoms with Gasteiger partial charge in [-0.2, -0.15) is 11.8 Å². The quantitative estimate of drug-likeness (QED) is 0.662. The van der Waals surface area contributed by atoms with Gasteiger partial charge in [-0.1, -0.05) is 0 Å². The van der Waals surface area contributed by atoms with Crippen molar-refractivity contribution < 1.29 is 18.8 Å². The first-order valence-corrected chi connectivity index (χ1v) is 4.62.